The second-order valence-corrected chi connectivity index (χ2v) is 7.27. The van der Waals surface area contributed by atoms with Crippen molar-refractivity contribution in [1.82, 2.24) is 15.1 Å². The fourth-order valence-electron chi connectivity index (χ4n) is 3.39. The molecule has 0 spiro atoms. The molecule has 0 atom stereocenters. The molecule has 7 nitrogen and oxygen atoms in total. The molecule has 2 aromatic carbocycles. The molecule has 30 heavy (non-hydrogen) atoms. The average Bonchev–Trinajstić information content (AvgIpc) is 2.80. The highest BCUT2D eigenvalue weighted by atomic mass is 35.5. The van der Waals surface area contributed by atoms with E-state index in [2.05, 4.69) is 20.4 Å². The minimum atomic E-state index is -0.140. The van der Waals surface area contributed by atoms with Crippen molar-refractivity contribution in [2.75, 3.05) is 43.5 Å². The van der Waals surface area contributed by atoms with Gasteiger partial charge < -0.3 is 19.9 Å². The lowest BCUT2D eigenvalue weighted by Crippen LogP contribution is -2.50. The van der Waals surface area contributed by atoms with Crippen LogP contribution in [0.3, 0.4) is 0 Å². The van der Waals surface area contributed by atoms with Crippen LogP contribution in [0.15, 0.2) is 60.7 Å². The second kappa shape index (κ2) is 9.00. The average molecular weight is 424 g/mol. The summed E-state index contributed by atoms with van der Waals surface area (Å²) in [5, 5.41) is 12.3. The smallest absolute Gasteiger partial charge is 0.322 e. The van der Waals surface area contributed by atoms with Crippen LogP contribution in [0.2, 0.25) is 5.02 Å². The predicted molar refractivity (Wildman–Crippen MR) is 118 cm³/mol. The second-order valence-electron chi connectivity index (χ2n) is 6.86. The third-order valence-corrected chi connectivity index (χ3v) is 5.37. The van der Waals surface area contributed by atoms with Crippen LogP contribution in [0.5, 0.6) is 5.75 Å². The zero-order chi connectivity index (χ0) is 20.9. The molecule has 0 unspecified atom stereocenters. The molecular weight excluding hydrogens is 402 g/mol. The number of piperazine rings is 1. The van der Waals surface area contributed by atoms with Crippen molar-refractivity contribution in [3.63, 3.8) is 0 Å². The van der Waals surface area contributed by atoms with Gasteiger partial charge in [-0.15, -0.1) is 10.2 Å². The Bertz CT molecular complexity index is 1020. The van der Waals surface area contributed by atoms with E-state index in [1.807, 2.05) is 60.7 Å². The zero-order valence-electron chi connectivity index (χ0n) is 16.6. The van der Waals surface area contributed by atoms with Crippen molar-refractivity contribution < 1.29 is 9.53 Å². The third-order valence-electron chi connectivity index (χ3n) is 5.04. The fraction of sp³-hybridized carbons (Fsp3) is 0.227. The standard InChI is InChI=1S/C22H22ClN5O2/c1-30-20-9-5-4-8-19(20)24-22(29)28-14-12-27(13-15-28)21-11-10-18(25-26-21)16-6-2-3-7-17(16)23/h2-11H,12-15H2,1H3,(H,24,29). The molecule has 1 N–H and O–H groups in total. The largest absolute Gasteiger partial charge is 0.495 e. The number of nitrogens with zero attached hydrogens (tertiary/aromatic N) is 4. The number of para-hydroxylation sites is 2. The fourth-order valence-corrected chi connectivity index (χ4v) is 3.62. The molecule has 2 amide bonds. The van der Waals surface area contributed by atoms with Crippen LogP contribution in [-0.4, -0.2) is 54.4 Å². The minimum Gasteiger partial charge on any atom is -0.495 e. The Kier molecular flexibility index (Phi) is 5.99. The molecule has 1 aromatic heterocycles. The lowest BCUT2D eigenvalue weighted by Gasteiger charge is -2.35. The number of carbonyl (C=O) groups is 1. The maximum Gasteiger partial charge on any atom is 0.322 e. The SMILES string of the molecule is COc1ccccc1NC(=O)N1CCN(c2ccc(-c3ccccc3Cl)nn2)CC1. The number of hydrogen-bond acceptors (Lipinski definition) is 5. The number of ether oxygens (including phenoxy) is 1. The quantitative estimate of drug-likeness (QED) is 0.682. The van der Waals surface area contributed by atoms with E-state index in [0.717, 1.165) is 17.1 Å². The summed E-state index contributed by atoms with van der Waals surface area (Å²) in [6, 6.07) is 18.7. The van der Waals surface area contributed by atoms with Gasteiger partial charge in [0.1, 0.15) is 5.75 Å². The summed E-state index contributed by atoms with van der Waals surface area (Å²) in [5.41, 5.74) is 2.25. The highest BCUT2D eigenvalue weighted by Crippen LogP contribution is 2.27. The number of benzene rings is 2. The number of anilines is 2. The zero-order valence-corrected chi connectivity index (χ0v) is 17.3. The van der Waals surface area contributed by atoms with Crippen molar-refractivity contribution in [2.45, 2.75) is 0 Å². The van der Waals surface area contributed by atoms with Crippen LogP contribution >= 0.6 is 11.6 Å². The Balaban J connectivity index is 1.36. The van der Waals surface area contributed by atoms with Gasteiger partial charge in [0.2, 0.25) is 0 Å². The molecule has 2 heterocycles. The molecule has 0 saturated carbocycles. The van der Waals surface area contributed by atoms with Crippen LogP contribution in [-0.2, 0) is 0 Å². The minimum absolute atomic E-state index is 0.140. The highest BCUT2D eigenvalue weighted by Gasteiger charge is 2.23. The van der Waals surface area contributed by atoms with Gasteiger partial charge in [0.05, 0.1) is 23.5 Å². The van der Waals surface area contributed by atoms with Crippen molar-refractivity contribution in [3.05, 3.63) is 65.7 Å². The van der Waals surface area contributed by atoms with Gasteiger partial charge in [0.15, 0.2) is 5.82 Å². The Labute approximate surface area is 180 Å². The molecule has 0 aliphatic carbocycles. The van der Waals surface area contributed by atoms with Gasteiger partial charge in [-0.1, -0.05) is 41.9 Å². The Morgan fingerprint density at radius 3 is 2.40 bits per heavy atom. The molecule has 1 saturated heterocycles. The summed E-state index contributed by atoms with van der Waals surface area (Å²) in [4.78, 5) is 16.5. The van der Waals surface area contributed by atoms with Gasteiger partial charge in [-0.05, 0) is 30.3 Å². The Morgan fingerprint density at radius 1 is 0.967 bits per heavy atom. The molecule has 3 aromatic rings. The van der Waals surface area contributed by atoms with Crippen molar-refractivity contribution >= 4 is 29.1 Å². The van der Waals surface area contributed by atoms with Gasteiger partial charge in [0.25, 0.3) is 0 Å². The molecule has 8 heteroatoms. The summed E-state index contributed by atoms with van der Waals surface area (Å²) in [7, 11) is 1.59. The van der Waals surface area contributed by atoms with E-state index in [9.17, 15) is 4.79 Å². The molecule has 154 valence electrons. The monoisotopic (exact) mass is 423 g/mol. The molecule has 4 rings (SSSR count). The van der Waals surface area contributed by atoms with E-state index in [-0.39, 0.29) is 6.03 Å². The number of rotatable bonds is 4. The van der Waals surface area contributed by atoms with Crippen LogP contribution in [0.25, 0.3) is 11.3 Å². The lowest BCUT2D eigenvalue weighted by molar-refractivity contribution is 0.208. The van der Waals surface area contributed by atoms with Crippen LogP contribution < -0.4 is 15.0 Å². The number of carbonyl (C=O) groups excluding carboxylic acids is 1. The summed E-state index contributed by atoms with van der Waals surface area (Å²) in [6.07, 6.45) is 0. The van der Waals surface area contributed by atoms with Gasteiger partial charge in [-0.25, -0.2) is 4.79 Å². The lowest BCUT2D eigenvalue weighted by atomic mass is 10.1. The van der Waals surface area contributed by atoms with E-state index in [1.165, 1.54) is 0 Å². The number of hydrogen-bond donors (Lipinski definition) is 1. The van der Waals surface area contributed by atoms with Gasteiger partial charge in [-0.2, -0.15) is 0 Å². The number of methoxy groups -OCH3 is 1. The number of amides is 2. The number of halogens is 1. The van der Waals surface area contributed by atoms with E-state index >= 15 is 0 Å². The summed E-state index contributed by atoms with van der Waals surface area (Å²) < 4.78 is 5.29. The van der Waals surface area contributed by atoms with E-state index in [1.54, 1.807) is 12.0 Å². The normalized spacial score (nSPS) is 13.8. The highest BCUT2D eigenvalue weighted by molar-refractivity contribution is 6.33. The maximum atomic E-state index is 12.6. The first-order valence-corrected chi connectivity index (χ1v) is 10.1. The molecule has 1 fully saturated rings. The van der Waals surface area contributed by atoms with Gasteiger partial charge in [-0.3, -0.25) is 0 Å². The van der Waals surface area contributed by atoms with Crippen molar-refractivity contribution in [3.8, 4) is 17.0 Å². The number of urea groups is 1. The Hall–Kier alpha value is -3.32. The molecular formula is C22H22ClN5O2. The first kappa shape index (κ1) is 20.0. The third kappa shape index (κ3) is 4.31. The summed E-state index contributed by atoms with van der Waals surface area (Å²) in [5.74, 6) is 1.42. The van der Waals surface area contributed by atoms with E-state index in [0.29, 0.717) is 42.6 Å². The van der Waals surface area contributed by atoms with E-state index in [4.69, 9.17) is 16.3 Å². The summed E-state index contributed by atoms with van der Waals surface area (Å²) in [6.45, 7) is 2.54. The van der Waals surface area contributed by atoms with Crippen LogP contribution in [0.4, 0.5) is 16.3 Å². The maximum absolute atomic E-state index is 12.6. The molecule has 0 bridgehead atoms. The van der Waals surface area contributed by atoms with Crippen molar-refractivity contribution in [2.24, 2.45) is 0 Å². The summed E-state index contributed by atoms with van der Waals surface area (Å²) >= 11 is 6.24. The van der Waals surface area contributed by atoms with Gasteiger partial charge >= 0.3 is 6.03 Å². The molecule has 0 radical (unpaired) electrons. The van der Waals surface area contributed by atoms with Crippen molar-refractivity contribution in [1.29, 1.82) is 0 Å². The topological polar surface area (TPSA) is 70.6 Å². The number of aromatic nitrogens is 2. The first-order valence-electron chi connectivity index (χ1n) is 9.68. The first-order chi connectivity index (χ1) is 14.7. The van der Waals surface area contributed by atoms with Gasteiger partial charge in [0, 0.05) is 31.7 Å². The molecule has 1 aliphatic heterocycles. The number of nitrogens with one attached hydrogen (secondary N) is 1. The van der Waals surface area contributed by atoms with Crippen LogP contribution in [0.1, 0.15) is 0 Å². The predicted octanol–water partition coefficient (Wildman–Crippen LogP) is 4.16. The Morgan fingerprint density at radius 2 is 1.70 bits per heavy atom. The van der Waals surface area contributed by atoms with E-state index < -0.39 is 0 Å². The van der Waals surface area contributed by atoms with Crippen LogP contribution in [0, 0.1) is 0 Å². The molecule has 1 aliphatic rings.